The van der Waals surface area contributed by atoms with Gasteiger partial charge in [-0.05, 0) is 10.4 Å². The number of Topliss-reactive ketones (excluding diaryl/α,β-unsaturated/α-hetero) is 1. The van der Waals surface area contributed by atoms with Crippen LogP contribution in [0.4, 0.5) is 0 Å². The summed E-state index contributed by atoms with van der Waals surface area (Å²) in [6.07, 6.45) is 0. The quantitative estimate of drug-likeness (QED) is 0.573. The lowest BCUT2D eigenvalue weighted by molar-refractivity contribution is -0.119. The highest BCUT2D eigenvalue weighted by Gasteiger charge is 2.02. The summed E-state index contributed by atoms with van der Waals surface area (Å²) in [5.74, 6) is -0.220. The normalized spacial score (nSPS) is 10.2. The Morgan fingerprint density at radius 1 is 1.67 bits per heavy atom. The van der Waals surface area contributed by atoms with Gasteiger partial charge in [0, 0.05) is 6.92 Å². The van der Waals surface area contributed by atoms with E-state index in [1.165, 1.54) is 0 Å². The van der Waals surface area contributed by atoms with Gasteiger partial charge in [0.25, 0.3) is 0 Å². The zero-order valence-corrected chi connectivity index (χ0v) is 6.17. The van der Waals surface area contributed by atoms with Crippen LogP contribution in [0.2, 0.25) is 0 Å². The zero-order valence-electron chi connectivity index (χ0n) is 6.17. The second-order valence-electron chi connectivity index (χ2n) is 2.00. The lowest BCUT2D eigenvalue weighted by atomic mass is 10.5. The maximum absolute atomic E-state index is 10.2. The molecular formula is C6H6N4O2. The molecule has 1 aromatic rings. The summed E-state index contributed by atoms with van der Waals surface area (Å²) in [6, 6.07) is 0. The summed E-state index contributed by atoms with van der Waals surface area (Å²) >= 11 is 0. The fourth-order valence-electron chi connectivity index (χ4n) is 0.550. The molecule has 62 valence electrons. The van der Waals surface area contributed by atoms with Crippen molar-refractivity contribution in [3.8, 4) is 0 Å². The molecule has 0 amide bonds. The van der Waals surface area contributed by atoms with Crippen LogP contribution in [0.3, 0.4) is 0 Å². The minimum Gasteiger partial charge on any atom is -0.366 e. The number of rotatable bonds is 4. The molecule has 0 N–H and O–H groups in total. The molecule has 0 atom stereocenters. The molecule has 0 unspecified atom stereocenters. The van der Waals surface area contributed by atoms with Gasteiger partial charge in [-0.1, -0.05) is 0 Å². The molecule has 1 aromatic heterocycles. The molecule has 0 saturated heterocycles. The van der Waals surface area contributed by atoms with Crippen LogP contribution in [0.15, 0.2) is 0 Å². The van der Waals surface area contributed by atoms with Gasteiger partial charge in [-0.15, -0.1) is 5.10 Å². The summed E-state index contributed by atoms with van der Waals surface area (Å²) in [7, 11) is 5.24. The molecule has 0 aliphatic rings. The summed E-state index contributed by atoms with van der Waals surface area (Å²) in [5.41, 5.74) is 0. The van der Waals surface area contributed by atoms with Crippen LogP contribution in [0.5, 0.6) is 0 Å². The summed E-state index contributed by atoms with van der Waals surface area (Å²) < 4.78 is 5.76. The van der Waals surface area contributed by atoms with E-state index < -0.39 is 5.78 Å². The summed E-state index contributed by atoms with van der Waals surface area (Å²) in [6.45, 7) is 4.70. The van der Waals surface area contributed by atoms with Crippen molar-refractivity contribution in [1.82, 2.24) is 20.2 Å². The number of hydrogen-bond acceptors (Lipinski definition) is 5. The van der Waals surface area contributed by atoms with Crippen LogP contribution in [-0.4, -0.2) is 32.6 Å². The van der Waals surface area contributed by atoms with E-state index in [9.17, 15) is 4.79 Å². The predicted molar refractivity (Wildman–Crippen MR) is 36.5 cm³/mol. The number of carbonyl (C=O) groups excluding carboxylic acids is 1. The molecule has 0 bridgehead atoms. The van der Waals surface area contributed by atoms with Crippen molar-refractivity contribution in [3.05, 3.63) is 19.8 Å². The van der Waals surface area contributed by atoms with Gasteiger partial charge in [-0.2, -0.15) is 0 Å². The van der Waals surface area contributed by atoms with E-state index in [1.54, 1.807) is 0 Å². The lowest BCUT2D eigenvalue weighted by Crippen LogP contribution is -2.07. The second-order valence-corrected chi connectivity index (χ2v) is 2.00. The number of tetrazole rings is 1. The Morgan fingerprint density at radius 2 is 2.42 bits per heavy atom. The highest BCUT2D eigenvalue weighted by atomic mass is 16.5. The highest BCUT2D eigenvalue weighted by Crippen LogP contribution is 1.92. The minimum atomic E-state index is -0.550. The molecule has 6 nitrogen and oxygen atoms in total. The molecule has 12 heavy (non-hydrogen) atoms. The first-order valence-electron chi connectivity index (χ1n) is 3.08. The van der Waals surface area contributed by atoms with Crippen molar-refractivity contribution >= 4 is 5.78 Å². The lowest BCUT2D eigenvalue weighted by Gasteiger charge is -1.98. The Kier molecular flexibility index (Phi) is 2.87. The van der Waals surface area contributed by atoms with Gasteiger partial charge in [0.2, 0.25) is 0 Å². The molecule has 0 spiro atoms. The van der Waals surface area contributed by atoms with Crippen molar-refractivity contribution in [1.29, 1.82) is 0 Å². The number of hydrogen-bond donors (Lipinski definition) is 0. The van der Waals surface area contributed by atoms with E-state index >= 15 is 0 Å². The third kappa shape index (κ3) is 2.39. The van der Waals surface area contributed by atoms with Crippen LogP contribution >= 0.6 is 0 Å². The van der Waals surface area contributed by atoms with Crippen LogP contribution in [0, 0.1) is 14.0 Å². The van der Waals surface area contributed by atoms with Gasteiger partial charge in [0.1, 0.15) is 20.3 Å². The van der Waals surface area contributed by atoms with Gasteiger partial charge in [0.05, 0.1) is 0 Å². The number of carbonyl (C=O) groups is 1. The maximum Gasteiger partial charge on any atom is 0.177 e. The number of ether oxygens (including phenoxy) is 1. The fraction of sp³-hybridized carbons (Fsp3) is 0.333. The smallest absolute Gasteiger partial charge is 0.177 e. The molecule has 0 fully saturated rings. The van der Waals surface area contributed by atoms with Gasteiger partial charge in [-0.25, -0.2) is 4.68 Å². The highest BCUT2D eigenvalue weighted by molar-refractivity contribution is 5.83. The Labute approximate surface area is 69.5 Å². The van der Waals surface area contributed by atoms with E-state index in [0.29, 0.717) is 5.82 Å². The van der Waals surface area contributed by atoms with Gasteiger partial charge >= 0.3 is 0 Å². The SMILES string of the molecule is [CH]C(=O)COCc1nnnn1[CH]. The topological polar surface area (TPSA) is 69.9 Å². The molecule has 6 heteroatoms. The van der Waals surface area contributed by atoms with E-state index in [2.05, 4.69) is 15.5 Å². The Morgan fingerprint density at radius 3 is 2.92 bits per heavy atom. The van der Waals surface area contributed by atoms with E-state index in [0.717, 1.165) is 4.68 Å². The van der Waals surface area contributed by atoms with Crippen molar-refractivity contribution < 1.29 is 9.53 Å². The van der Waals surface area contributed by atoms with E-state index in [4.69, 9.17) is 18.7 Å². The first-order valence-corrected chi connectivity index (χ1v) is 3.08. The zero-order chi connectivity index (χ0) is 8.97. The molecule has 0 saturated carbocycles. The summed E-state index contributed by atoms with van der Waals surface area (Å²) in [4.78, 5) is 10.2. The van der Waals surface area contributed by atoms with Crippen LogP contribution in [0.25, 0.3) is 0 Å². The minimum absolute atomic E-state index is 0.0619. The largest absolute Gasteiger partial charge is 0.366 e. The number of nitrogens with zero attached hydrogens (tertiary/aromatic N) is 4. The first-order chi connectivity index (χ1) is 5.70. The third-order valence-corrected chi connectivity index (χ3v) is 1.04. The fourth-order valence-corrected chi connectivity index (χ4v) is 0.550. The van der Waals surface area contributed by atoms with Gasteiger partial charge < -0.3 is 4.74 Å². The number of ketones is 1. The Balaban J connectivity index is 2.33. The molecule has 4 radical (unpaired) electrons. The predicted octanol–water partition coefficient (Wildman–Crippen LogP) is -1.01. The van der Waals surface area contributed by atoms with Crippen molar-refractivity contribution in [2.75, 3.05) is 6.61 Å². The standard InChI is InChI=1S/C6H6N4O2/c1-5(11)3-12-4-6-7-8-9-10(6)2/h1-2H,3-4H2. The maximum atomic E-state index is 10.2. The molecule has 0 aromatic carbocycles. The van der Waals surface area contributed by atoms with E-state index in [-0.39, 0.29) is 13.2 Å². The second kappa shape index (κ2) is 3.91. The molecular weight excluding hydrogens is 160 g/mol. The monoisotopic (exact) mass is 166 g/mol. The van der Waals surface area contributed by atoms with Crippen molar-refractivity contribution in [3.63, 3.8) is 0 Å². The molecule has 1 rings (SSSR count). The summed E-state index contributed by atoms with van der Waals surface area (Å²) in [5, 5.41) is 10.1. The van der Waals surface area contributed by atoms with E-state index in [1.807, 2.05) is 0 Å². The van der Waals surface area contributed by atoms with Crippen LogP contribution in [-0.2, 0) is 16.1 Å². The molecule has 1 heterocycles. The van der Waals surface area contributed by atoms with Crippen molar-refractivity contribution in [2.24, 2.45) is 0 Å². The third-order valence-electron chi connectivity index (χ3n) is 1.04. The molecule has 0 aliphatic carbocycles. The van der Waals surface area contributed by atoms with Gasteiger partial charge in [0.15, 0.2) is 11.6 Å². The Bertz CT molecular complexity index is 270. The van der Waals surface area contributed by atoms with Gasteiger partial charge in [-0.3, -0.25) is 4.79 Å². The molecule has 0 aliphatic heterocycles. The first kappa shape index (κ1) is 8.79. The Hall–Kier alpha value is -1.30. The van der Waals surface area contributed by atoms with Crippen molar-refractivity contribution in [2.45, 2.75) is 6.61 Å². The van der Waals surface area contributed by atoms with Crippen LogP contribution in [0.1, 0.15) is 5.82 Å². The number of aromatic nitrogens is 4. The average molecular weight is 166 g/mol. The average Bonchev–Trinajstić information content (AvgIpc) is 2.36. The van der Waals surface area contributed by atoms with Crippen LogP contribution < -0.4 is 0 Å².